The number of anilines is 1. The second-order valence-electron chi connectivity index (χ2n) is 3.62. The molecule has 1 aromatic carbocycles. The van der Waals surface area contributed by atoms with E-state index in [9.17, 15) is 14.0 Å². The summed E-state index contributed by atoms with van der Waals surface area (Å²) in [4.78, 5) is 25.2. The zero-order chi connectivity index (χ0) is 13.8. The largest absolute Gasteiger partial charge is 0.481 e. The number of aromatic nitrogens is 3. The maximum absolute atomic E-state index is 13.8. The molecule has 2 N–H and O–H groups in total. The molecule has 1 aromatic heterocycles. The van der Waals surface area contributed by atoms with Crippen molar-refractivity contribution in [3.63, 3.8) is 0 Å². The first-order valence-electron chi connectivity index (χ1n) is 5.22. The second kappa shape index (κ2) is 5.25. The third-order valence-electron chi connectivity index (χ3n) is 2.21. The van der Waals surface area contributed by atoms with E-state index in [1.807, 2.05) is 0 Å². The van der Waals surface area contributed by atoms with E-state index in [0.29, 0.717) is 0 Å². The molecule has 98 valence electrons. The highest BCUT2D eigenvalue weighted by Crippen LogP contribution is 2.17. The van der Waals surface area contributed by atoms with Gasteiger partial charge in [0.15, 0.2) is 5.82 Å². The van der Waals surface area contributed by atoms with Gasteiger partial charge < -0.3 is 10.4 Å². The zero-order valence-corrected chi connectivity index (χ0v) is 9.58. The monoisotopic (exact) mass is 264 g/mol. The Morgan fingerprint density at radius 1 is 1.42 bits per heavy atom. The van der Waals surface area contributed by atoms with E-state index in [-0.39, 0.29) is 11.4 Å². The van der Waals surface area contributed by atoms with Crippen molar-refractivity contribution >= 4 is 17.6 Å². The van der Waals surface area contributed by atoms with Crippen LogP contribution < -0.4 is 5.32 Å². The number of amides is 1. The number of hydrogen-bond acceptors (Lipinski definition) is 4. The first-order chi connectivity index (χ1) is 9.06. The maximum Gasteiger partial charge on any atom is 0.312 e. The molecule has 0 unspecified atom stereocenters. The summed E-state index contributed by atoms with van der Waals surface area (Å²) in [5.74, 6) is -2.59. The topological polar surface area (TPSA) is 97.1 Å². The van der Waals surface area contributed by atoms with Crippen LogP contribution in [0.2, 0.25) is 0 Å². The smallest absolute Gasteiger partial charge is 0.312 e. The summed E-state index contributed by atoms with van der Waals surface area (Å²) in [6, 6.07) is 3.93. The number of carboxylic acid groups (broad SMARTS) is 1. The summed E-state index contributed by atoms with van der Waals surface area (Å²) in [5, 5.41) is 14.5. The number of carbonyl (C=O) groups excluding carboxylic acids is 1. The van der Waals surface area contributed by atoms with Crippen LogP contribution in [0.3, 0.4) is 0 Å². The minimum absolute atomic E-state index is 0.174. The van der Waals surface area contributed by atoms with Gasteiger partial charge in [-0.2, -0.15) is 5.10 Å². The van der Waals surface area contributed by atoms with Crippen LogP contribution >= 0.6 is 0 Å². The average Bonchev–Trinajstić information content (AvgIpc) is 2.81. The van der Waals surface area contributed by atoms with Gasteiger partial charge in [-0.15, -0.1) is 0 Å². The van der Waals surface area contributed by atoms with Crippen molar-refractivity contribution in [2.45, 2.75) is 6.42 Å². The lowest BCUT2D eigenvalue weighted by Gasteiger charge is -2.06. The minimum atomic E-state index is -1.25. The van der Waals surface area contributed by atoms with Gasteiger partial charge in [-0.25, -0.2) is 14.1 Å². The van der Waals surface area contributed by atoms with E-state index in [1.54, 1.807) is 0 Å². The van der Waals surface area contributed by atoms with Crippen molar-refractivity contribution in [2.75, 3.05) is 5.32 Å². The van der Waals surface area contributed by atoms with Gasteiger partial charge in [0, 0.05) is 5.69 Å². The highest BCUT2D eigenvalue weighted by molar-refractivity contribution is 6.01. The van der Waals surface area contributed by atoms with E-state index in [1.165, 1.54) is 29.5 Å². The molecule has 0 spiro atoms. The van der Waals surface area contributed by atoms with E-state index >= 15 is 0 Å². The Kier molecular flexibility index (Phi) is 3.51. The normalized spacial score (nSPS) is 10.2. The van der Waals surface area contributed by atoms with E-state index in [4.69, 9.17) is 5.11 Å². The molecule has 0 radical (unpaired) electrons. The molecule has 0 saturated carbocycles. The molecule has 8 heteroatoms. The number of carbonyl (C=O) groups is 2. The van der Waals surface area contributed by atoms with Gasteiger partial charge in [0.2, 0.25) is 5.91 Å². The van der Waals surface area contributed by atoms with Crippen LogP contribution in [0, 0.1) is 5.82 Å². The summed E-state index contributed by atoms with van der Waals surface area (Å²) in [5.41, 5.74) is 0.348. The summed E-state index contributed by atoms with van der Waals surface area (Å²) in [7, 11) is 0. The predicted molar refractivity (Wildman–Crippen MR) is 62.2 cm³/mol. The fourth-order valence-electron chi connectivity index (χ4n) is 1.45. The van der Waals surface area contributed by atoms with Crippen LogP contribution in [-0.4, -0.2) is 31.7 Å². The molecule has 1 heterocycles. The molecule has 0 fully saturated rings. The highest BCUT2D eigenvalue weighted by Gasteiger charge is 2.10. The molecule has 0 atom stereocenters. The standard InChI is InChI=1S/C11H9FN4O3/c12-8-3-7(15-10(17)4-11(18)19)1-2-9(8)16-6-13-5-14-16/h1-3,5-6H,4H2,(H,15,17)(H,18,19). The quantitative estimate of drug-likeness (QED) is 0.797. The Morgan fingerprint density at radius 3 is 2.79 bits per heavy atom. The van der Waals surface area contributed by atoms with Crippen LogP contribution in [0.5, 0.6) is 0 Å². The van der Waals surface area contributed by atoms with Gasteiger partial charge >= 0.3 is 5.97 Å². The van der Waals surface area contributed by atoms with Gasteiger partial charge in [0.25, 0.3) is 0 Å². The number of nitrogens with zero attached hydrogens (tertiary/aromatic N) is 3. The average molecular weight is 264 g/mol. The molecule has 0 aliphatic rings. The van der Waals surface area contributed by atoms with Crippen LogP contribution in [0.1, 0.15) is 6.42 Å². The first-order valence-corrected chi connectivity index (χ1v) is 5.22. The number of benzene rings is 1. The minimum Gasteiger partial charge on any atom is -0.481 e. The number of nitrogens with one attached hydrogen (secondary N) is 1. The van der Waals surface area contributed by atoms with Crippen molar-refractivity contribution in [3.05, 3.63) is 36.7 Å². The Labute approximate surface area is 106 Å². The molecular formula is C11H9FN4O3. The summed E-state index contributed by atoms with van der Waals surface area (Å²) in [6.45, 7) is 0. The Morgan fingerprint density at radius 2 is 2.21 bits per heavy atom. The number of hydrogen-bond donors (Lipinski definition) is 2. The van der Waals surface area contributed by atoms with Crippen molar-refractivity contribution < 1.29 is 19.1 Å². The van der Waals surface area contributed by atoms with Gasteiger partial charge in [-0.05, 0) is 18.2 Å². The van der Waals surface area contributed by atoms with E-state index in [2.05, 4.69) is 15.4 Å². The van der Waals surface area contributed by atoms with E-state index in [0.717, 1.165) is 6.07 Å². The zero-order valence-electron chi connectivity index (χ0n) is 9.58. The third-order valence-corrected chi connectivity index (χ3v) is 2.21. The van der Waals surface area contributed by atoms with Crippen LogP contribution in [0.4, 0.5) is 10.1 Å². The molecule has 19 heavy (non-hydrogen) atoms. The lowest BCUT2D eigenvalue weighted by atomic mass is 10.2. The first kappa shape index (κ1) is 12.7. The number of aliphatic carboxylic acids is 1. The van der Waals surface area contributed by atoms with Gasteiger partial charge in [-0.3, -0.25) is 9.59 Å². The van der Waals surface area contributed by atoms with Crippen molar-refractivity contribution in [1.82, 2.24) is 14.8 Å². The Hall–Kier alpha value is -2.77. The molecule has 1 amide bonds. The Balaban J connectivity index is 2.15. The fraction of sp³-hybridized carbons (Fsp3) is 0.0909. The SMILES string of the molecule is O=C(O)CC(=O)Nc1ccc(-n2cncn2)c(F)c1. The predicted octanol–water partition coefficient (Wildman–Crippen LogP) is 0.820. The lowest BCUT2D eigenvalue weighted by molar-refractivity contribution is -0.139. The maximum atomic E-state index is 13.8. The molecule has 0 aliphatic carbocycles. The number of halogens is 1. The summed E-state index contributed by atoms with van der Waals surface area (Å²) < 4.78 is 15.0. The molecule has 7 nitrogen and oxygen atoms in total. The third kappa shape index (κ3) is 3.12. The van der Waals surface area contributed by atoms with Crippen molar-refractivity contribution in [2.24, 2.45) is 0 Å². The van der Waals surface area contributed by atoms with Gasteiger partial charge in [0.05, 0.1) is 0 Å². The molecular weight excluding hydrogens is 255 g/mol. The van der Waals surface area contributed by atoms with Crippen LogP contribution in [0.15, 0.2) is 30.9 Å². The van der Waals surface area contributed by atoms with Gasteiger partial charge in [-0.1, -0.05) is 0 Å². The van der Waals surface area contributed by atoms with Crippen LogP contribution in [-0.2, 0) is 9.59 Å². The number of carboxylic acids is 1. The van der Waals surface area contributed by atoms with E-state index < -0.39 is 24.1 Å². The summed E-state index contributed by atoms with van der Waals surface area (Å²) in [6.07, 6.45) is 1.93. The Bertz CT molecular complexity index is 612. The molecule has 0 bridgehead atoms. The molecule has 0 saturated heterocycles. The van der Waals surface area contributed by atoms with Gasteiger partial charge in [0.1, 0.15) is 24.8 Å². The van der Waals surface area contributed by atoms with Crippen molar-refractivity contribution in [1.29, 1.82) is 0 Å². The number of rotatable bonds is 4. The highest BCUT2D eigenvalue weighted by atomic mass is 19.1. The molecule has 2 aromatic rings. The van der Waals surface area contributed by atoms with Crippen molar-refractivity contribution in [3.8, 4) is 5.69 Å². The fourth-order valence-corrected chi connectivity index (χ4v) is 1.45. The molecule has 2 rings (SSSR count). The lowest BCUT2D eigenvalue weighted by Crippen LogP contribution is -2.16. The second-order valence-corrected chi connectivity index (χ2v) is 3.62. The molecule has 0 aliphatic heterocycles. The van der Waals surface area contributed by atoms with Crippen LogP contribution in [0.25, 0.3) is 5.69 Å². The summed E-state index contributed by atoms with van der Waals surface area (Å²) >= 11 is 0.